The molecule has 0 spiro atoms. The summed E-state index contributed by atoms with van der Waals surface area (Å²) in [6.07, 6.45) is 5.79. The first kappa shape index (κ1) is 21.2. The van der Waals surface area contributed by atoms with Gasteiger partial charge in [-0.2, -0.15) is 4.98 Å². The van der Waals surface area contributed by atoms with Crippen LogP contribution in [0.3, 0.4) is 0 Å². The summed E-state index contributed by atoms with van der Waals surface area (Å²) in [6.45, 7) is 2.40. The molecule has 0 fully saturated rings. The smallest absolute Gasteiger partial charge is 0.227 e. The van der Waals surface area contributed by atoms with Crippen molar-refractivity contribution in [1.82, 2.24) is 25.4 Å². The maximum absolute atomic E-state index is 12.4. The highest BCUT2D eigenvalue weighted by Gasteiger charge is 2.13. The predicted molar refractivity (Wildman–Crippen MR) is 117 cm³/mol. The summed E-state index contributed by atoms with van der Waals surface area (Å²) < 4.78 is 11.0. The van der Waals surface area contributed by atoms with Gasteiger partial charge in [0.15, 0.2) is 0 Å². The predicted octanol–water partition coefficient (Wildman–Crippen LogP) is 3.92. The third-order valence-corrected chi connectivity index (χ3v) is 4.81. The molecule has 1 N–H and O–H groups in total. The maximum Gasteiger partial charge on any atom is 0.227 e. The fourth-order valence-electron chi connectivity index (χ4n) is 3.08. The van der Waals surface area contributed by atoms with Gasteiger partial charge in [-0.3, -0.25) is 14.8 Å². The van der Waals surface area contributed by atoms with E-state index in [1.54, 1.807) is 24.7 Å². The number of nitrogens with zero attached hydrogens (tertiary/aromatic N) is 4. The van der Waals surface area contributed by atoms with E-state index >= 15 is 0 Å². The largest absolute Gasteiger partial charge is 0.489 e. The van der Waals surface area contributed by atoms with Crippen molar-refractivity contribution in [3.63, 3.8) is 0 Å². The van der Waals surface area contributed by atoms with E-state index in [1.807, 2.05) is 55.5 Å². The topological polar surface area (TPSA) is 103 Å². The van der Waals surface area contributed by atoms with Gasteiger partial charge in [0.2, 0.25) is 17.6 Å². The summed E-state index contributed by atoms with van der Waals surface area (Å²) in [5, 5.41) is 6.91. The Hall–Kier alpha value is -4.07. The molecule has 3 heterocycles. The number of aromatic nitrogens is 4. The van der Waals surface area contributed by atoms with Crippen molar-refractivity contribution in [2.45, 2.75) is 32.4 Å². The van der Waals surface area contributed by atoms with Crippen LogP contribution in [0, 0.1) is 0 Å². The van der Waals surface area contributed by atoms with E-state index in [-0.39, 0.29) is 18.4 Å². The molecule has 4 aromatic rings. The lowest BCUT2D eigenvalue weighted by atomic mass is 10.1. The fraction of sp³-hybridized carbons (Fsp3) is 0.208. The lowest BCUT2D eigenvalue weighted by molar-refractivity contribution is -0.121. The van der Waals surface area contributed by atoms with E-state index in [0.29, 0.717) is 30.4 Å². The van der Waals surface area contributed by atoms with Crippen LogP contribution in [0.2, 0.25) is 0 Å². The number of rotatable bonds is 9. The summed E-state index contributed by atoms with van der Waals surface area (Å²) in [5.41, 5.74) is 2.63. The normalized spacial score (nSPS) is 11.7. The maximum atomic E-state index is 12.4. The highest BCUT2D eigenvalue weighted by Crippen LogP contribution is 2.19. The Balaban J connectivity index is 1.24. The van der Waals surface area contributed by atoms with Crippen LogP contribution in [0.25, 0.3) is 11.5 Å². The van der Waals surface area contributed by atoms with Gasteiger partial charge in [-0.1, -0.05) is 29.4 Å². The van der Waals surface area contributed by atoms with Gasteiger partial charge < -0.3 is 14.6 Å². The van der Waals surface area contributed by atoms with Gasteiger partial charge in [-0.25, -0.2) is 0 Å². The number of hydrogen-bond acceptors (Lipinski definition) is 7. The number of ether oxygens (including phenoxy) is 1. The van der Waals surface area contributed by atoms with Crippen molar-refractivity contribution in [3.8, 4) is 17.3 Å². The third kappa shape index (κ3) is 5.75. The molecule has 0 aliphatic heterocycles. The quantitative estimate of drug-likeness (QED) is 0.430. The van der Waals surface area contributed by atoms with E-state index in [2.05, 4.69) is 25.4 Å². The zero-order chi connectivity index (χ0) is 22.2. The summed E-state index contributed by atoms with van der Waals surface area (Å²) in [7, 11) is 0. The summed E-state index contributed by atoms with van der Waals surface area (Å²) in [5.74, 6) is 1.49. The van der Waals surface area contributed by atoms with Crippen molar-refractivity contribution >= 4 is 5.91 Å². The van der Waals surface area contributed by atoms with Crippen molar-refractivity contribution in [3.05, 3.63) is 90.2 Å². The van der Waals surface area contributed by atoms with E-state index in [0.717, 1.165) is 16.9 Å². The molecule has 1 amide bonds. The number of amides is 1. The first-order valence-corrected chi connectivity index (χ1v) is 10.3. The van der Waals surface area contributed by atoms with Gasteiger partial charge in [0.05, 0.1) is 6.04 Å². The number of hydrogen-bond donors (Lipinski definition) is 1. The van der Waals surface area contributed by atoms with Crippen LogP contribution in [-0.2, 0) is 17.8 Å². The van der Waals surface area contributed by atoms with E-state index in [9.17, 15) is 4.79 Å². The minimum atomic E-state index is -0.137. The average molecular weight is 429 g/mol. The number of pyridine rings is 2. The summed E-state index contributed by atoms with van der Waals surface area (Å²) in [4.78, 5) is 24.9. The van der Waals surface area contributed by atoms with Gasteiger partial charge in [0, 0.05) is 37.0 Å². The van der Waals surface area contributed by atoms with Crippen LogP contribution in [-0.4, -0.2) is 26.0 Å². The number of carbonyl (C=O) groups excluding carboxylic acids is 1. The Morgan fingerprint density at radius 2 is 1.97 bits per heavy atom. The fourth-order valence-corrected chi connectivity index (χ4v) is 3.08. The van der Waals surface area contributed by atoms with E-state index in [1.165, 1.54) is 0 Å². The Morgan fingerprint density at radius 1 is 1.09 bits per heavy atom. The first-order chi connectivity index (χ1) is 15.7. The molecule has 1 atom stereocenters. The molecule has 162 valence electrons. The molecular weight excluding hydrogens is 406 g/mol. The Bertz CT molecular complexity index is 1130. The van der Waals surface area contributed by atoms with Crippen LogP contribution in [0.1, 0.15) is 36.4 Å². The van der Waals surface area contributed by atoms with Crippen molar-refractivity contribution in [1.29, 1.82) is 0 Å². The average Bonchev–Trinajstić information content (AvgIpc) is 3.32. The lowest BCUT2D eigenvalue weighted by Crippen LogP contribution is -2.26. The Kier molecular flexibility index (Phi) is 6.81. The molecule has 0 saturated carbocycles. The molecule has 3 aromatic heterocycles. The standard InChI is InChI=1S/C24H23N5O3/c1-17(19-7-9-20(10-8-19)31-16-18-5-4-13-25-15-18)27-22(30)11-12-23-28-24(29-32-23)21-6-2-3-14-26-21/h2-10,13-15,17H,11-12,16H2,1H3,(H,27,30). The second-order valence-corrected chi connectivity index (χ2v) is 7.23. The third-order valence-electron chi connectivity index (χ3n) is 4.81. The first-order valence-electron chi connectivity index (χ1n) is 10.3. The number of aryl methyl sites for hydroxylation is 1. The highest BCUT2D eigenvalue weighted by molar-refractivity contribution is 5.76. The molecule has 1 aromatic carbocycles. The van der Waals surface area contributed by atoms with Gasteiger partial charge in [0.1, 0.15) is 18.1 Å². The molecule has 0 aliphatic carbocycles. The minimum absolute atomic E-state index is 0.0907. The van der Waals surface area contributed by atoms with Gasteiger partial charge >= 0.3 is 0 Å². The SMILES string of the molecule is CC(NC(=O)CCc1nc(-c2ccccn2)no1)c1ccc(OCc2cccnc2)cc1. The number of nitrogens with one attached hydrogen (secondary N) is 1. The molecule has 0 bridgehead atoms. The van der Waals surface area contributed by atoms with Crippen LogP contribution in [0.15, 0.2) is 77.7 Å². The molecule has 8 heteroatoms. The Labute approximate surface area is 185 Å². The molecule has 0 saturated heterocycles. The van der Waals surface area contributed by atoms with Gasteiger partial charge in [-0.05, 0) is 42.8 Å². The number of carbonyl (C=O) groups is 1. The molecule has 0 aliphatic rings. The van der Waals surface area contributed by atoms with E-state index < -0.39 is 0 Å². The molecular formula is C24H23N5O3. The van der Waals surface area contributed by atoms with Crippen LogP contribution >= 0.6 is 0 Å². The molecule has 8 nitrogen and oxygen atoms in total. The van der Waals surface area contributed by atoms with E-state index in [4.69, 9.17) is 9.26 Å². The second-order valence-electron chi connectivity index (χ2n) is 7.23. The molecule has 0 radical (unpaired) electrons. The summed E-state index contributed by atoms with van der Waals surface area (Å²) >= 11 is 0. The highest BCUT2D eigenvalue weighted by atomic mass is 16.5. The monoisotopic (exact) mass is 429 g/mol. The zero-order valence-corrected chi connectivity index (χ0v) is 17.6. The second kappa shape index (κ2) is 10.3. The van der Waals surface area contributed by atoms with Crippen molar-refractivity contribution in [2.75, 3.05) is 0 Å². The van der Waals surface area contributed by atoms with Crippen LogP contribution in [0.4, 0.5) is 0 Å². The van der Waals surface area contributed by atoms with Crippen LogP contribution < -0.4 is 10.1 Å². The molecule has 1 unspecified atom stereocenters. The van der Waals surface area contributed by atoms with Gasteiger partial charge in [-0.15, -0.1) is 0 Å². The Morgan fingerprint density at radius 3 is 2.72 bits per heavy atom. The van der Waals surface area contributed by atoms with Gasteiger partial charge in [0.25, 0.3) is 0 Å². The van der Waals surface area contributed by atoms with Crippen LogP contribution in [0.5, 0.6) is 5.75 Å². The minimum Gasteiger partial charge on any atom is -0.489 e. The summed E-state index contributed by atoms with van der Waals surface area (Å²) in [6, 6.07) is 16.9. The number of benzene rings is 1. The van der Waals surface area contributed by atoms with Crippen molar-refractivity contribution in [2.24, 2.45) is 0 Å². The van der Waals surface area contributed by atoms with Crippen molar-refractivity contribution < 1.29 is 14.1 Å². The lowest BCUT2D eigenvalue weighted by Gasteiger charge is -2.15. The zero-order valence-electron chi connectivity index (χ0n) is 17.6. The molecule has 32 heavy (non-hydrogen) atoms. The molecule has 4 rings (SSSR count).